The molecule has 124 valence electrons. The zero-order chi connectivity index (χ0) is 17.1. The van der Waals surface area contributed by atoms with Crippen molar-refractivity contribution in [2.75, 3.05) is 0 Å². The Kier molecular flexibility index (Phi) is 5.76. The van der Waals surface area contributed by atoms with Gasteiger partial charge >= 0.3 is 5.97 Å². The lowest BCUT2D eigenvalue weighted by molar-refractivity contribution is -0.158. The fraction of sp³-hybridized carbons (Fsp3) is 0.562. The number of ether oxygens (including phenoxy) is 1. The van der Waals surface area contributed by atoms with Gasteiger partial charge in [-0.25, -0.2) is 8.42 Å². The van der Waals surface area contributed by atoms with E-state index in [9.17, 15) is 13.2 Å². The highest BCUT2D eigenvalue weighted by Crippen LogP contribution is 2.16. The summed E-state index contributed by atoms with van der Waals surface area (Å²) < 4.78 is 32.6. The van der Waals surface area contributed by atoms with Crippen LogP contribution in [0.3, 0.4) is 0 Å². The summed E-state index contributed by atoms with van der Waals surface area (Å²) in [7, 11) is -3.77. The second kappa shape index (κ2) is 6.79. The van der Waals surface area contributed by atoms with E-state index >= 15 is 0 Å². The van der Waals surface area contributed by atoms with Crippen molar-refractivity contribution < 1.29 is 17.9 Å². The van der Waals surface area contributed by atoms with Crippen LogP contribution in [0.15, 0.2) is 29.2 Å². The van der Waals surface area contributed by atoms with Gasteiger partial charge in [0.1, 0.15) is 11.6 Å². The third kappa shape index (κ3) is 5.42. The first-order chi connectivity index (χ1) is 9.92. The molecule has 0 fully saturated rings. The van der Waals surface area contributed by atoms with Crippen molar-refractivity contribution in [3.63, 3.8) is 0 Å². The molecular formula is C16H25NO4S. The molecular weight excluding hydrogens is 302 g/mol. The van der Waals surface area contributed by atoms with Gasteiger partial charge in [0.25, 0.3) is 0 Å². The van der Waals surface area contributed by atoms with Gasteiger partial charge in [0.2, 0.25) is 10.0 Å². The Morgan fingerprint density at radius 1 is 1.14 bits per heavy atom. The summed E-state index contributed by atoms with van der Waals surface area (Å²) in [6.07, 6.45) is 0. The Bertz CT molecular complexity index is 613. The number of esters is 1. The molecule has 5 nitrogen and oxygen atoms in total. The maximum absolute atomic E-state index is 12.4. The molecule has 0 unspecified atom stereocenters. The molecule has 1 N–H and O–H groups in total. The number of nitrogens with one attached hydrogen (secondary N) is 1. The highest BCUT2D eigenvalue weighted by atomic mass is 32.2. The zero-order valence-corrected chi connectivity index (χ0v) is 14.8. The van der Waals surface area contributed by atoms with Crippen LogP contribution in [0, 0.1) is 12.8 Å². The van der Waals surface area contributed by atoms with Crippen LogP contribution in [0.25, 0.3) is 0 Å². The van der Waals surface area contributed by atoms with Crippen molar-refractivity contribution in [2.24, 2.45) is 5.92 Å². The van der Waals surface area contributed by atoms with Crippen molar-refractivity contribution >= 4 is 16.0 Å². The molecule has 1 atom stereocenters. The molecule has 0 aromatic heterocycles. The van der Waals surface area contributed by atoms with Gasteiger partial charge in [0.15, 0.2) is 0 Å². The van der Waals surface area contributed by atoms with Crippen LogP contribution in [0.5, 0.6) is 0 Å². The average Bonchev–Trinajstić information content (AvgIpc) is 2.34. The molecule has 0 saturated heterocycles. The minimum absolute atomic E-state index is 0.132. The standard InChI is InChI=1S/C16H25NO4S/c1-11(2)14(15(18)21-16(4,5)6)17-22(19,20)13-9-7-12(3)8-10-13/h7-11,14,17H,1-6H3/t14-/m1/s1. The van der Waals surface area contributed by atoms with Crippen molar-refractivity contribution in [1.82, 2.24) is 4.72 Å². The van der Waals surface area contributed by atoms with E-state index in [0.717, 1.165) is 5.56 Å². The normalized spacial score (nSPS) is 14.0. The van der Waals surface area contributed by atoms with Gasteiger partial charge in [-0.05, 0) is 45.7 Å². The van der Waals surface area contributed by atoms with Gasteiger partial charge in [0.05, 0.1) is 4.90 Å². The first-order valence-corrected chi connectivity index (χ1v) is 8.72. The van der Waals surface area contributed by atoms with E-state index < -0.39 is 27.6 Å². The molecule has 0 heterocycles. The van der Waals surface area contributed by atoms with Crippen LogP contribution in [0.2, 0.25) is 0 Å². The van der Waals surface area contributed by atoms with Crippen molar-refractivity contribution in [1.29, 1.82) is 0 Å². The van der Waals surface area contributed by atoms with E-state index in [2.05, 4.69) is 4.72 Å². The molecule has 6 heteroatoms. The molecule has 1 aromatic carbocycles. The van der Waals surface area contributed by atoms with Gasteiger partial charge in [-0.1, -0.05) is 31.5 Å². The molecule has 22 heavy (non-hydrogen) atoms. The van der Waals surface area contributed by atoms with E-state index in [4.69, 9.17) is 4.74 Å². The van der Waals surface area contributed by atoms with Crippen LogP contribution >= 0.6 is 0 Å². The summed E-state index contributed by atoms with van der Waals surface area (Å²) in [5.41, 5.74) is 0.297. The Hall–Kier alpha value is -1.40. The van der Waals surface area contributed by atoms with E-state index in [-0.39, 0.29) is 10.8 Å². The molecule has 0 amide bonds. The number of rotatable bonds is 5. The van der Waals surface area contributed by atoms with Gasteiger partial charge in [-0.15, -0.1) is 0 Å². The number of hydrogen-bond donors (Lipinski definition) is 1. The predicted molar refractivity (Wildman–Crippen MR) is 86.0 cm³/mol. The van der Waals surface area contributed by atoms with Crippen LogP contribution in [0.1, 0.15) is 40.2 Å². The zero-order valence-electron chi connectivity index (χ0n) is 14.0. The number of carbonyl (C=O) groups is 1. The lowest BCUT2D eigenvalue weighted by atomic mass is 10.1. The fourth-order valence-electron chi connectivity index (χ4n) is 1.77. The second-order valence-corrected chi connectivity index (χ2v) is 8.40. The molecule has 0 aliphatic heterocycles. The second-order valence-electron chi connectivity index (χ2n) is 6.69. The quantitative estimate of drug-likeness (QED) is 0.844. The number of carbonyl (C=O) groups excluding carboxylic acids is 1. The van der Waals surface area contributed by atoms with Crippen LogP contribution in [-0.4, -0.2) is 26.0 Å². The first kappa shape index (κ1) is 18.6. The molecule has 0 aliphatic rings. The minimum atomic E-state index is -3.77. The largest absolute Gasteiger partial charge is 0.459 e. The molecule has 1 rings (SSSR count). The summed E-state index contributed by atoms with van der Waals surface area (Å²) in [6, 6.07) is 5.54. The number of hydrogen-bond acceptors (Lipinski definition) is 4. The lowest BCUT2D eigenvalue weighted by Crippen LogP contribution is -2.47. The summed E-state index contributed by atoms with van der Waals surface area (Å²) in [5.74, 6) is -0.798. The SMILES string of the molecule is Cc1ccc(S(=O)(=O)N[C@@H](C(=O)OC(C)(C)C)C(C)C)cc1. The van der Waals surface area contributed by atoms with Gasteiger partial charge < -0.3 is 4.74 Å². The lowest BCUT2D eigenvalue weighted by Gasteiger charge is -2.26. The molecule has 0 saturated carbocycles. The monoisotopic (exact) mass is 327 g/mol. The molecule has 0 aliphatic carbocycles. The van der Waals surface area contributed by atoms with Crippen molar-refractivity contribution in [2.45, 2.75) is 58.1 Å². The Morgan fingerprint density at radius 3 is 2.05 bits per heavy atom. The Balaban J connectivity index is 3.00. The van der Waals surface area contributed by atoms with Crippen LogP contribution in [-0.2, 0) is 19.6 Å². The molecule has 0 radical (unpaired) electrons. The Morgan fingerprint density at radius 2 is 1.64 bits per heavy atom. The highest BCUT2D eigenvalue weighted by Gasteiger charge is 2.31. The fourth-order valence-corrected chi connectivity index (χ4v) is 3.11. The molecule has 0 bridgehead atoms. The average molecular weight is 327 g/mol. The highest BCUT2D eigenvalue weighted by molar-refractivity contribution is 7.89. The topological polar surface area (TPSA) is 72.5 Å². The molecule has 1 aromatic rings. The van der Waals surface area contributed by atoms with Gasteiger partial charge in [-0.3, -0.25) is 4.79 Å². The first-order valence-electron chi connectivity index (χ1n) is 7.24. The van der Waals surface area contributed by atoms with Crippen molar-refractivity contribution in [3.8, 4) is 0 Å². The van der Waals surface area contributed by atoms with Crippen LogP contribution in [0.4, 0.5) is 0 Å². The summed E-state index contributed by atoms with van der Waals surface area (Å²) in [4.78, 5) is 12.3. The number of aryl methyl sites for hydroxylation is 1. The maximum Gasteiger partial charge on any atom is 0.324 e. The third-order valence-corrected chi connectivity index (χ3v) is 4.40. The van der Waals surface area contributed by atoms with E-state index in [0.29, 0.717) is 0 Å². The van der Waals surface area contributed by atoms with Gasteiger partial charge in [0, 0.05) is 0 Å². The summed E-state index contributed by atoms with van der Waals surface area (Å²) in [6.45, 7) is 10.7. The van der Waals surface area contributed by atoms with E-state index in [1.54, 1.807) is 46.8 Å². The summed E-state index contributed by atoms with van der Waals surface area (Å²) in [5, 5.41) is 0. The molecule has 0 spiro atoms. The van der Waals surface area contributed by atoms with Crippen LogP contribution < -0.4 is 4.72 Å². The summed E-state index contributed by atoms with van der Waals surface area (Å²) >= 11 is 0. The number of benzene rings is 1. The number of sulfonamides is 1. The smallest absolute Gasteiger partial charge is 0.324 e. The minimum Gasteiger partial charge on any atom is -0.459 e. The third-order valence-electron chi connectivity index (χ3n) is 2.94. The van der Waals surface area contributed by atoms with Gasteiger partial charge in [-0.2, -0.15) is 4.72 Å². The van der Waals surface area contributed by atoms with E-state index in [1.165, 1.54) is 12.1 Å². The Labute approximate surface area is 133 Å². The predicted octanol–water partition coefficient (Wildman–Crippen LogP) is 2.64. The van der Waals surface area contributed by atoms with Crippen molar-refractivity contribution in [3.05, 3.63) is 29.8 Å². The van der Waals surface area contributed by atoms with E-state index in [1.807, 2.05) is 6.92 Å². The maximum atomic E-state index is 12.4.